The van der Waals surface area contributed by atoms with Crippen LogP contribution in [0.1, 0.15) is 16.1 Å². The maximum absolute atomic E-state index is 12.8. The first-order valence-electron chi connectivity index (χ1n) is 8.89. The number of carbonyl (C=O) groups is 1. The molecule has 0 radical (unpaired) electrons. The highest BCUT2D eigenvalue weighted by molar-refractivity contribution is 5.99. The van der Waals surface area contributed by atoms with E-state index in [2.05, 4.69) is 35.8 Å². The topological polar surface area (TPSA) is 167 Å². The number of hydrazone groups is 1. The van der Waals surface area contributed by atoms with Crippen LogP contribution >= 0.6 is 0 Å². The molecule has 0 bridgehead atoms. The molecule has 0 saturated carbocycles. The molecular weight excluding hydrogens is 404 g/mol. The molecule has 0 fully saturated rings. The standard InChI is InChI=1S/C19H16N8O4/c1-30-13-9-5-8-12(16(13)28)10-21-23-19(29)14-15(11-6-3-2-4-7-11)27(26-22-14)18-17(20)24-31-25-18/h2-10,28H,1H3,(H2,20,24)(H,23,29)/b21-10-. The minimum atomic E-state index is -0.640. The molecule has 2 aromatic heterocycles. The normalized spacial score (nSPS) is 11.0. The molecule has 0 saturated heterocycles. The summed E-state index contributed by atoms with van der Waals surface area (Å²) in [6.45, 7) is 0. The summed E-state index contributed by atoms with van der Waals surface area (Å²) < 4.78 is 10.9. The molecule has 0 aliphatic heterocycles. The van der Waals surface area contributed by atoms with E-state index in [-0.39, 0.29) is 28.8 Å². The van der Waals surface area contributed by atoms with Gasteiger partial charge in [0, 0.05) is 11.1 Å². The van der Waals surface area contributed by atoms with Crippen LogP contribution in [0.2, 0.25) is 0 Å². The average Bonchev–Trinajstić information content (AvgIpc) is 3.41. The van der Waals surface area contributed by atoms with Crippen LogP contribution in [-0.2, 0) is 0 Å². The molecule has 2 aromatic carbocycles. The van der Waals surface area contributed by atoms with E-state index in [1.54, 1.807) is 42.5 Å². The second kappa shape index (κ2) is 8.32. The Hall–Kier alpha value is -4.74. The Kier molecular flexibility index (Phi) is 5.26. The molecule has 0 aliphatic rings. The highest BCUT2D eigenvalue weighted by Crippen LogP contribution is 2.28. The Bertz CT molecular complexity index is 1250. The number of para-hydroxylation sites is 1. The lowest BCUT2D eigenvalue weighted by atomic mass is 10.1. The second-order valence-electron chi connectivity index (χ2n) is 6.13. The summed E-state index contributed by atoms with van der Waals surface area (Å²) in [7, 11) is 1.43. The number of ether oxygens (including phenoxy) is 1. The lowest BCUT2D eigenvalue weighted by Crippen LogP contribution is -2.19. The number of phenols is 1. The van der Waals surface area contributed by atoms with Crippen molar-refractivity contribution in [3.05, 3.63) is 59.8 Å². The van der Waals surface area contributed by atoms with Crippen LogP contribution in [0.15, 0.2) is 58.3 Å². The summed E-state index contributed by atoms with van der Waals surface area (Å²) in [5, 5.41) is 29.2. The third kappa shape index (κ3) is 3.76. The van der Waals surface area contributed by atoms with E-state index < -0.39 is 5.91 Å². The first-order valence-corrected chi connectivity index (χ1v) is 8.89. The lowest BCUT2D eigenvalue weighted by Gasteiger charge is -2.06. The van der Waals surface area contributed by atoms with Crippen LogP contribution in [-0.4, -0.2) is 49.6 Å². The van der Waals surface area contributed by atoms with Gasteiger partial charge in [0.05, 0.1) is 13.3 Å². The molecule has 4 rings (SSSR count). The fraction of sp³-hybridized carbons (Fsp3) is 0.0526. The van der Waals surface area contributed by atoms with Gasteiger partial charge in [0.25, 0.3) is 5.91 Å². The van der Waals surface area contributed by atoms with Gasteiger partial charge in [-0.2, -0.15) is 9.78 Å². The van der Waals surface area contributed by atoms with Crippen molar-refractivity contribution >= 4 is 17.9 Å². The number of phenolic OH excluding ortho intramolecular Hbond substituents is 1. The Morgan fingerprint density at radius 3 is 2.74 bits per heavy atom. The van der Waals surface area contributed by atoms with Crippen LogP contribution in [0.5, 0.6) is 11.5 Å². The van der Waals surface area contributed by atoms with Crippen LogP contribution in [0.4, 0.5) is 5.82 Å². The van der Waals surface area contributed by atoms with Gasteiger partial charge >= 0.3 is 0 Å². The van der Waals surface area contributed by atoms with Gasteiger partial charge in [0.2, 0.25) is 11.6 Å². The maximum atomic E-state index is 12.8. The molecule has 0 spiro atoms. The number of carbonyl (C=O) groups excluding carboxylic acids is 1. The van der Waals surface area contributed by atoms with Gasteiger partial charge < -0.3 is 15.6 Å². The quantitative estimate of drug-likeness (QED) is 0.308. The smallest absolute Gasteiger partial charge is 0.294 e. The summed E-state index contributed by atoms with van der Waals surface area (Å²) in [6.07, 6.45) is 1.28. The molecule has 156 valence electrons. The summed E-state index contributed by atoms with van der Waals surface area (Å²) >= 11 is 0. The Morgan fingerprint density at radius 1 is 1.23 bits per heavy atom. The van der Waals surface area contributed by atoms with Crippen LogP contribution in [0.25, 0.3) is 17.1 Å². The van der Waals surface area contributed by atoms with E-state index in [0.717, 1.165) is 0 Å². The minimum Gasteiger partial charge on any atom is -0.504 e. The second-order valence-corrected chi connectivity index (χ2v) is 6.13. The lowest BCUT2D eigenvalue weighted by molar-refractivity contribution is 0.0950. The maximum Gasteiger partial charge on any atom is 0.294 e. The van der Waals surface area contributed by atoms with Crippen LogP contribution in [0, 0.1) is 0 Å². The van der Waals surface area contributed by atoms with Crippen molar-refractivity contribution in [2.24, 2.45) is 5.10 Å². The van der Waals surface area contributed by atoms with Crippen molar-refractivity contribution in [1.29, 1.82) is 0 Å². The number of amides is 1. The molecule has 0 atom stereocenters. The predicted molar refractivity (Wildman–Crippen MR) is 109 cm³/mol. The zero-order chi connectivity index (χ0) is 21.8. The van der Waals surface area contributed by atoms with Crippen molar-refractivity contribution in [3.63, 3.8) is 0 Å². The Balaban J connectivity index is 1.66. The van der Waals surface area contributed by atoms with Crippen LogP contribution in [0.3, 0.4) is 0 Å². The molecule has 12 nitrogen and oxygen atoms in total. The first kappa shape index (κ1) is 19.6. The highest BCUT2D eigenvalue weighted by atomic mass is 16.6. The third-order valence-corrected chi connectivity index (χ3v) is 4.25. The molecule has 4 aromatic rings. The molecule has 1 amide bonds. The van der Waals surface area contributed by atoms with Crippen molar-refractivity contribution < 1.29 is 19.3 Å². The third-order valence-electron chi connectivity index (χ3n) is 4.25. The predicted octanol–water partition coefficient (Wildman–Crippen LogP) is 1.38. The van der Waals surface area contributed by atoms with Gasteiger partial charge in [0.15, 0.2) is 17.2 Å². The number of aromatic nitrogens is 5. The number of rotatable bonds is 6. The number of hydrogen-bond acceptors (Lipinski definition) is 10. The van der Waals surface area contributed by atoms with Crippen LogP contribution < -0.4 is 15.9 Å². The van der Waals surface area contributed by atoms with Crippen molar-refractivity contribution in [2.45, 2.75) is 0 Å². The Labute approximate surface area is 174 Å². The molecule has 31 heavy (non-hydrogen) atoms. The van der Waals surface area contributed by atoms with E-state index in [1.165, 1.54) is 18.0 Å². The number of nitrogens with two attached hydrogens (primary N) is 1. The Morgan fingerprint density at radius 2 is 2.03 bits per heavy atom. The molecule has 4 N–H and O–H groups in total. The number of nitrogens with one attached hydrogen (secondary N) is 1. The molecule has 0 aliphatic carbocycles. The summed E-state index contributed by atoms with van der Waals surface area (Å²) in [6, 6.07) is 13.8. The van der Waals surface area contributed by atoms with E-state index >= 15 is 0 Å². The van der Waals surface area contributed by atoms with Gasteiger partial charge in [-0.15, -0.1) is 5.10 Å². The van der Waals surface area contributed by atoms with Crippen molar-refractivity contribution in [2.75, 3.05) is 12.8 Å². The van der Waals surface area contributed by atoms with Crippen molar-refractivity contribution in [1.82, 2.24) is 30.7 Å². The van der Waals surface area contributed by atoms with Crippen molar-refractivity contribution in [3.8, 4) is 28.6 Å². The number of methoxy groups -OCH3 is 1. The number of nitrogen functional groups attached to an aromatic ring is 1. The van der Waals surface area contributed by atoms with Gasteiger partial charge in [-0.25, -0.2) is 10.1 Å². The highest BCUT2D eigenvalue weighted by Gasteiger charge is 2.25. The number of benzene rings is 2. The van der Waals surface area contributed by atoms with Gasteiger partial charge in [-0.3, -0.25) is 4.79 Å². The fourth-order valence-corrected chi connectivity index (χ4v) is 2.80. The first-order chi connectivity index (χ1) is 15.1. The van der Waals surface area contributed by atoms with Gasteiger partial charge in [-0.1, -0.05) is 41.6 Å². The summed E-state index contributed by atoms with van der Waals surface area (Å²) in [5.41, 5.74) is 9.42. The van der Waals surface area contributed by atoms with E-state index in [9.17, 15) is 9.90 Å². The minimum absolute atomic E-state index is 0.0134. The number of nitrogens with zero attached hydrogens (tertiary/aromatic N) is 6. The summed E-state index contributed by atoms with van der Waals surface area (Å²) in [5.74, 6) is -0.383. The number of aromatic hydroxyl groups is 1. The SMILES string of the molecule is COc1cccc(/C=N\NC(=O)c2nnn(-c3nonc3N)c2-c2ccccc2)c1O. The van der Waals surface area contributed by atoms with Gasteiger partial charge in [-0.05, 0) is 22.4 Å². The van der Waals surface area contributed by atoms with E-state index in [1.807, 2.05) is 6.07 Å². The number of anilines is 1. The molecule has 12 heteroatoms. The zero-order valence-corrected chi connectivity index (χ0v) is 16.1. The zero-order valence-electron chi connectivity index (χ0n) is 16.1. The number of hydrogen-bond donors (Lipinski definition) is 3. The largest absolute Gasteiger partial charge is 0.504 e. The average molecular weight is 420 g/mol. The summed E-state index contributed by atoms with van der Waals surface area (Å²) in [4.78, 5) is 12.8. The molecular formula is C19H16N8O4. The fourth-order valence-electron chi connectivity index (χ4n) is 2.80. The molecule has 2 heterocycles. The monoisotopic (exact) mass is 420 g/mol. The van der Waals surface area contributed by atoms with E-state index in [4.69, 9.17) is 10.5 Å². The molecule has 0 unspecified atom stereocenters. The van der Waals surface area contributed by atoms with Gasteiger partial charge in [0.1, 0.15) is 5.69 Å². The van der Waals surface area contributed by atoms with E-state index in [0.29, 0.717) is 16.8 Å².